The lowest BCUT2D eigenvalue weighted by atomic mass is 10.3. The lowest BCUT2D eigenvalue weighted by molar-refractivity contribution is 0.408. The van der Waals surface area contributed by atoms with Crippen molar-refractivity contribution in [3.05, 3.63) is 24.3 Å². The molecule has 0 amide bonds. The molecular formula is C11H16N2O4S2. The molecule has 0 bridgehead atoms. The molecule has 2 N–H and O–H groups in total. The summed E-state index contributed by atoms with van der Waals surface area (Å²) in [4.78, 5) is -0.00503. The molecule has 0 aromatic heterocycles. The van der Waals surface area contributed by atoms with Gasteiger partial charge in [-0.3, -0.25) is 0 Å². The highest BCUT2D eigenvalue weighted by Gasteiger charge is 2.32. The lowest BCUT2D eigenvalue weighted by Crippen LogP contribution is -2.33. The summed E-state index contributed by atoms with van der Waals surface area (Å²) in [7, 11) is -7.36. The molecule has 1 atom stereocenters. The molecule has 0 saturated carbocycles. The van der Waals surface area contributed by atoms with E-state index in [1.807, 2.05) is 6.92 Å². The average Bonchev–Trinajstić information content (AvgIpc) is 2.75. The Hall–Kier alpha value is -0.960. The lowest BCUT2D eigenvalue weighted by Gasteiger charge is -2.20. The maximum Gasteiger partial charge on any atom is 0.243 e. The summed E-state index contributed by atoms with van der Waals surface area (Å²) < 4.78 is 48.4. The third-order valence-electron chi connectivity index (χ3n) is 3.25. The Balaban J connectivity index is 2.37. The predicted molar refractivity (Wildman–Crippen MR) is 70.4 cm³/mol. The molecule has 6 nitrogen and oxygen atoms in total. The highest BCUT2D eigenvalue weighted by atomic mass is 32.2. The van der Waals surface area contributed by atoms with Gasteiger partial charge in [-0.25, -0.2) is 22.0 Å². The highest BCUT2D eigenvalue weighted by Crippen LogP contribution is 2.26. The number of hydrogen-bond acceptors (Lipinski definition) is 4. The van der Waals surface area contributed by atoms with Crippen molar-refractivity contribution in [2.75, 3.05) is 6.54 Å². The third kappa shape index (κ3) is 2.81. The van der Waals surface area contributed by atoms with E-state index in [9.17, 15) is 16.8 Å². The summed E-state index contributed by atoms with van der Waals surface area (Å²) in [5, 5.41) is 4.97. The number of nitrogens with zero attached hydrogens (tertiary/aromatic N) is 1. The third-order valence-corrected chi connectivity index (χ3v) is 6.21. The zero-order valence-corrected chi connectivity index (χ0v) is 12.1. The Morgan fingerprint density at radius 3 is 2.05 bits per heavy atom. The first-order chi connectivity index (χ1) is 8.73. The number of rotatable bonds is 3. The molecule has 0 spiro atoms. The van der Waals surface area contributed by atoms with Gasteiger partial charge in [0.1, 0.15) is 0 Å². The predicted octanol–water partition coefficient (Wildman–Crippen LogP) is 0.507. The van der Waals surface area contributed by atoms with Gasteiger partial charge in [0.15, 0.2) is 0 Å². The normalized spacial score (nSPS) is 21.7. The second kappa shape index (κ2) is 4.86. The minimum absolute atomic E-state index is 0.0251. The van der Waals surface area contributed by atoms with Crippen LogP contribution in [0.25, 0.3) is 0 Å². The van der Waals surface area contributed by atoms with Crippen LogP contribution in [0.5, 0.6) is 0 Å². The monoisotopic (exact) mass is 304 g/mol. The van der Waals surface area contributed by atoms with Crippen molar-refractivity contribution in [3.63, 3.8) is 0 Å². The molecule has 2 rings (SSSR count). The van der Waals surface area contributed by atoms with Crippen LogP contribution in [0.3, 0.4) is 0 Å². The van der Waals surface area contributed by atoms with E-state index >= 15 is 0 Å². The van der Waals surface area contributed by atoms with Crippen molar-refractivity contribution in [1.29, 1.82) is 0 Å². The van der Waals surface area contributed by atoms with E-state index in [1.165, 1.54) is 28.6 Å². The summed E-state index contributed by atoms with van der Waals surface area (Å²) in [6.45, 7) is 2.36. The second-order valence-electron chi connectivity index (χ2n) is 4.62. The van der Waals surface area contributed by atoms with Gasteiger partial charge in [-0.1, -0.05) is 0 Å². The Bertz CT molecular complexity index is 665. The summed E-state index contributed by atoms with van der Waals surface area (Å²) >= 11 is 0. The van der Waals surface area contributed by atoms with Gasteiger partial charge in [-0.05, 0) is 44.0 Å². The van der Waals surface area contributed by atoms with E-state index in [0.29, 0.717) is 6.54 Å². The van der Waals surface area contributed by atoms with Crippen molar-refractivity contribution < 1.29 is 16.8 Å². The standard InChI is InChI=1S/C11H16N2O4S2/c1-9-3-2-8-13(9)19(16,17)11-6-4-10(5-7-11)18(12,14)15/h4-7,9H,2-3,8H2,1H3,(H2,12,14,15). The molecule has 106 valence electrons. The van der Waals surface area contributed by atoms with Crippen LogP contribution in [0.1, 0.15) is 19.8 Å². The van der Waals surface area contributed by atoms with Crippen LogP contribution in [0.2, 0.25) is 0 Å². The molecular weight excluding hydrogens is 288 g/mol. The zero-order chi connectivity index (χ0) is 14.3. The van der Waals surface area contributed by atoms with E-state index in [2.05, 4.69) is 0 Å². The summed E-state index contributed by atoms with van der Waals surface area (Å²) in [5.74, 6) is 0. The number of hydrogen-bond donors (Lipinski definition) is 1. The Morgan fingerprint density at radius 2 is 1.63 bits per heavy atom. The number of benzene rings is 1. The first kappa shape index (κ1) is 14.4. The minimum Gasteiger partial charge on any atom is -0.225 e. The van der Waals surface area contributed by atoms with Crippen molar-refractivity contribution >= 4 is 20.0 Å². The molecule has 1 aromatic carbocycles. The Kier molecular flexibility index (Phi) is 3.69. The maximum atomic E-state index is 12.4. The molecule has 0 aliphatic carbocycles. The smallest absolute Gasteiger partial charge is 0.225 e. The quantitative estimate of drug-likeness (QED) is 0.879. The largest absolute Gasteiger partial charge is 0.243 e. The highest BCUT2D eigenvalue weighted by molar-refractivity contribution is 7.89. The molecule has 1 saturated heterocycles. The maximum absolute atomic E-state index is 12.4. The minimum atomic E-state index is -3.80. The van der Waals surface area contributed by atoms with Gasteiger partial charge < -0.3 is 0 Å². The van der Waals surface area contributed by atoms with E-state index in [-0.39, 0.29) is 15.8 Å². The molecule has 0 radical (unpaired) electrons. The van der Waals surface area contributed by atoms with Crippen LogP contribution >= 0.6 is 0 Å². The molecule has 8 heteroatoms. The Labute approximate surface area is 113 Å². The van der Waals surface area contributed by atoms with E-state index in [4.69, 9.17) is 5.14 Å². The summed E-state index contributed by atoms with van der Waals surface area (Å²) in [5.41, 5.74) is 0. The fourth-order valence-corrected chi connectivity index (χ4v) is 4.42. The van der Waals surface area contributed by atoms with Crippen molar-refractivity contribution in [2.24, 2.45) is 5.14 Å². The number of primary sulfonamides is 1. The topological polar surface area (TPSA) is 97.5 Å². The van der Waals surface area contributed by atoms with Gasteiger partial charge in [0.25, 0.3) is 0 Å². The van der Waals surface area contributed by atoms with Crippen LogP contribution in [-0.2, 0) is 20.0 Å². The first-order valence-corrected chi connectivity index (χ1v) is 8.86. The number of nitrogens with two attached hydrogens (primary N) is 1. The average molecular weight is 304 g/mol. The fourth-order valence-electron chi connectivity index (χ4n) is 2.20. The first-order valence-electron chi connectivity index (χ1n) is 5.87. The fraction of sp³-hybridized carbons (Fsp3) is 0.455. The van der Waals surface area contributed by atoms with Gasteiger partial charge in [0.05, 0.1) is 9.79 Å². The van der Waals surface area contributed by atoms with Crippen LogP contribution < -0.4 is 5.14 Å². The number of sulfonamides is 2. The van der Waals surface area contributed by atoms with Gasteiger partial charge in [0.2, 0.25) is 20.0 Å². The summed E-state index contributed by atoms with van der Waals surface area (Å²) in [6, 6.07) is 4.95. The van der Waals surface area contributed by atoms with Crippen LogP contribution in [0.4, 0.5) is 0 Å². The van der Waals surface area contributed by atoms with Crippen molar-refractivity contribution in [2.45, 2.75) is 35.6 Å². The van der Waals surface area contributed by atoms with Gasteiger partial charge in [-0.2, -0.15) is 4.31 Å². The van der Waals surface area contributed by atoms with E-state index in [0.717, 1.165) is 12.8 Å². The molecule has 1 aliphatic rings. The SMILES string of the molecule is CC1CCCN1S(=O)(=O)c1ccc(S(N)(=O)=O)cc1. The molecule has 1 fully saturated rings. The van der Waals surface area contributed by atoms with E-state index < -0.39 is 20.0 Å². The molecule has 19 heavy (non-hydrogen) atoms. The molecule has 1 aliphatic heterocycles. The van der Waals surface area contributed by atoms with Gasteiger partial charge in [0, 0.05) is 12.6 Å². The van der Waals surface area contributed by atoms with Gasteiger partial charge in [-0.15, -0.1) is 0 Å². The van der Waals surface area contributed by atoms with Crippen LogP contribution in [0, 0.1) is 0 Å². The molecule has 1 unspecified atom stereocenters. The molecule has 1 aromatic rings. The van der Waals surface area contributed by atoms with Crippen molar-refractivity contribution in [3.8, 4) is 0 Å². The second-order valence-corrected chi connectivity index (χ2v) is 8.08. The van der Waals surface area contributed by atoms with Crippen LogP contribution in [-0.4, -0.2) is 33.7 Å². The van der Waals surface area contributed by atoms with Crippen molar-refractivity contribution in [1.82, 2.24) is 4.31 Å². The van der Waals surface area contributed by atoms with E-state index in [1.54, 1.807) is 0 Å². The summed E-state index contributed by atoms with van der Waals surface area (Å²) in [6.07, 6.45) is 1.68. The van der Waals surface area contributed by atoms with Gasteiger partial charge >= 0.3 is 0 Å². The molecule has 1 heterocycles. The zero-order valence-electron chi connectivity index (χ0n) is 10.5. The van der Waals surface area contributed by atoms with Crippen LogP contribution in [0.15, 0.2) is 34.1 Å². The Morgan fingerprint density at radius 1 is 1.11 bits per heavy atom.